The second-order valence-electron chi connectivity index (χ2n) is 2.04. The van der Waals surface area contributed by atoms with Crippen molar-refractivity contribution in [3.63, 3.8) is 0 Å². The van der Waals surface area contributed by atoms with Crippen LogP contribution in [0.15, 0.2) is 12.4 Å². The fourth-order valence-electron chi connectivity index (χ4n) is 0.737. The lowest BCUT2D eigenvalue weighted by molar-refractivity contribution is 0.269. The molecular weight excluding hydrogens is 166 g/mol. The average molecular weight is 178 g/mol. The summed E-state index contributed by atoms with van der Waals surface area (Å²) in [5, 5.41) is 12.5. The Morgan fingerprint density at radius 3 is 2.82 bits per heavy atom. The molecule has 0 saturated heterocycles. The zero-order valence-electron chi connectivity index (χ0n) is 6.10. The molecule has 1 heterocycles. The van der Waals surface area contributed by atoms with E-state index >= 15 is 0 Å². The summed E-state index contributed by atoms with van der Waals surface area (Å²) in [6.07, 6.45) is 3.53. The molecule has 4 nitrogen and oxygen atoms in total. The molecule has 1 rings (SSSR count). The van der Waals surface area contributed by atoms with E-state index in [-0.39, 0.29) is 19.0 Å². The van der Waals surface area contributed by atoms with Crippen molar-refractivity contribution in [2.45, 2.75) is 13.1 Å². The fraction of sp³-hybridized carbons (Fsp3) is 0.500. The summed E-state index contributed by atoms with van der Waals surface area (Å²) in [4.78, 5) is 0. The third-order valence-electron chi connectivity index (χ3n) is 1.25. The Labute approximate surface area is 71.4 Å². The van der Waals surface area contributed by atoms with E-state index in [9.17, 15) is 0 Å². The number of hydrogen-bond donors (Lipinski definition) is 2. The molecule has 0 spiro atoms. The molecule has 0 aliphatic heterocycles. The molecular formula is C6H12ClN3O. The Morgan fingerprint density at radius 2 is 2.36 bits per heavy atom. The molecule has 0 aliphatic rings. The Bertz CT molecular complexity index is 201. The van der Waals surface area contributed by atoms with Gasteiger partial charge in [0, 0.05) is 18.3 Å². The molecule has 1 aromatic heterocycles. The minimum Gasteiger partial charge on any atom is -0.394 e. The number of aliphatic hydroxyl groups is 1. The van der Waals surface area contributed by atoms with Gasteiger partial charge in [-0.05, 0) is 0 Å². The number of halogens is 1. The molecule has 0 aliphatic carbocycles. The van der Waals surface area contributed by atoms with Crippen molar-refractivity contribution in [1.82, 2.24) is 9.78 Å². The van der Waals surface area contributed by atoms with Crippen LogP contribution in [0, 0.1) is 0 Å². The van der Waals surface area contributed by atoms with Crippen molar-refractivity contribution in [3.05, 3.63) is 18.0 Å². The summed E-state index contributed by atoms with van der Waals surface area (Å²) in [5.74, 6) is 0. The largest absolute Gasteiger partial charge is 0.394 e. The van der Waals surface area contributed by atoms with Crippen molar-refractivity contribution in [2.75, 3.05) is 6.61 Å². The van der Waals surface area contributed by atoms with Crippen molar-refractivity contribution in [1.29, 1.82) is 0 Å². The van der Waals surface area contributed by atoms with Gasteiger partial charge in [-0.3, -0.25) is 4.68 Å². The Morgan fingerprint density at radius 1 is 1.64 bits per heavy atom. The first kappa shape index (κ1) is 10.4. The van der Waals surface area contributed by atoms with Gasteiger partial charge in [0.25, 0.3) is 0 Å². The number of nitrogens with zero attached hydrogens (tertiary/aromatic N) is 2. The normalized spacial score (nSPS) is 9.27. The second-order valence-corrected chi connectivity index (χ2v) is 2.04. The summed E-state index contributed by atoms with van der Waals surface area (Å²) in [5.41, 5.74) is 6.34. The summed E-state index contributed by atoms with van der Waals surface area (Å²) in [6.45, 7) is 1.16. The molecule has 0 unspecified atom stereocenters. The van der Waals surface area contributed by atoms with Gasteiger partial charge in [0.2, 0.25) is 0 Å². The Hall–Kier alpha value is -0.580. The van der Waals surface area contributed by atoms with Crippen LogP contribution in [0.25, 0.3) is 0 Å². The van der Waals surface area contributed by atoms with E-state index in [0.29, 0.717) is 13.1 Å². The summed E-state index contributed by atoms with van der Waals surface area (Å²) < 4.78 is 1.67. The van der Waals surface area contributed by atoms with Gasteiger partial charge < -0.3 is 10.8 Å². The number of nitrogens with two attached hydrogens (primary N) is 1. The lowest BCUT2D eigenvalue weighted by atomic mass is 10.4. The highest BCUT2D eigenvalue weighted by atomic mass is 35.5. The van der Waals surface area contributed by atoms with Crippen LogP contribution in [0.5, 0.6) is 0 Å². The predicted octanol–water partition coefficient (Wildman–Crippen LogP) is -0.244. The van der Waals surface area contributed by atoms with E-state index in [1.807, 2.05) is 6.20 Å². The first-order chi connectivity index (χ1) is 4.86. The van der Waals surface area contributed by atoms with Crippen molar-refractivity contribution in [3.8, 4) is 0 Å². The minimum absolute atomic E-state index is 0. The van der Waals surface area contributed by atoms with Crippen LogP contribution >= 0.6 is 12.4 Å². The quantitative estimate of drug-likeness (QED) is 0.670. The van der Waals surface area contributed by atoms with Crippen molar-refractivity contribution >= 4 is 12.4 Å². The van der Waals surface area contributed by atoms with Crippen molar-refractivity contribution in [2.24, 2.45) is 5.73 Å². The predicted molar refractivity (Wildman–Crippen MR) is 44.5 cm³/mol. The molecule has 64 valence electrons. The topological polar surface area (TPSA) is 64.1 Å². The van der Waals surface area contributed by atoms with Crippen LogP contribution in [0.3, 0.4) is 0 Å². The van der Waals surface area contributed by atoms with Gasteiger partial charge in [0.15, 0.2) is 0 Å². The minimum atomic E-state index is 0. The van der Waals surface area contributed by atoms with E-state index in [2.05, 4.69) is 5.10 Å². The Kier molecular flexibility index (Phi) is 4.85. The molecule has 0 amide bonds. The maximum atomic E-state index is 8.51. The molecule has 0 bridgehead atoms. The molecule has 11 heavy (non-hydrogen) atoms. The third kappa shape index (κ3) is 2.88. The van der Waals surface area contributed by atoms with Gasteiger partial charge in [0.05, 0.1) is 19.3 Å². The lowest BCUT2D eigenvalue weighted by Gasteiger charge is -1.93. The van der Waals surface area contributed by atoms with Gasteiger partial charge in [-0.15, -0.1) is 12.4 Å². The summed E-state index contributed by atoms with van der Waals surface area (Å²) >= 11 is 0. The lowest BCUT2D eigenvalue weighted by Crippen LogP contribution is -2.01. The molecule has 0 fully saturated rings. The molecule has 3 N–H and O–H groups in total. The van der Waals surface area contributed by atoms with Crippen LogP contribution < -0.4 is 5.73 Å². The van der Waals surface area contributed by atoms with Gasteiger partial charge >= 0.3 is 0 Å². The van der Waals surface area contributed by atoms with Crippen molar-refractivity contribution < 1.29 is 5.11 Å². The maximum Gasteiger partial charge on any atom is 0.0640 e. The zero-order valence-corrected chi connectivity index (χ0v) is 6.92. The van der Waals surface area contributed by atoms with Crippen LogP contribution in [-0.2, 0) is 13.1 Å². The first-order valence-electron chi connectivity index (χ1n) is 3.19. The number of rotatable bonds is 3. The number of aliphatic hydroxyl groups excluding tert-OH is 1. The van der Waals surface area contributed by atoms with E-state index < -0.39 is 0 Å². The summed E-state index contributed by atoms with van der Waals surface area (Å²) in [6, 6.07) is 0. The highest BCUT2D eigenvalue weighted by Gasteiger charge is 1.93. The standard InChI is InChI=1S/C6H11N3O.ClH/c7-3-6-4-8-9(5-6)1-2-10;/h4-5,10H,1-3,7H2;1H. The highest BCUT2D eigenvalue weighted by Crippen LogP contribution is 1.94. The van der Waals surface area contributed by atoms with Gasteiger partial charge in [0.1, 0.15) is 0 Å². The molecule has 5 heteroatoms. The molecule has 0 aromatic carbocycles. The molecule has 0 atom stereocenters. The smallest absolute Gasteiger partial charge is 0.0640 e. The maximum absolute atomic E-state index is 8.51. The molecule has 1 aromatic rings. The summed E-state index contributed by atoms with van der Waals surface area (Å²) in [7, 11) is 0. The molecule has 0 saturated carbocycles. The van der Waals surface area contributed by atoms with E-state index in [1.165, 1.54) is 0 Å². The van der Waals surface area contributed by atoms with Crippen LogP contribution in [0.4, 0.5) is 0 Å². The van der Waals surface area contributed by atoms with Crippen LogP contribution in [0.2, 0.25) is 0 Å². The Balaban J connectivity index is 0.000001000. The second kappa shape index (κ2) is 5.12. The van der Waals surface area contributed by atoms with E-state index in [0.717, 1.165) is 5.56 Å². The van der Waals surface area contributed by atoms with Crippen LogP contribution in [-0.4, -0.2) is 21.5 Å². The molecule has 0 radical (unpaired) electrons. The number of aromatic nitrogens is 2. The van der Waals surface area contributed by atoms with Gasteiger partial charge in [-0.2, -0.15) is 5.10 Å². The first-order valence-corrected chi connectivity index (χ1v) is 3.19. The number of hydrogen-bond acceptors (Lipinski definition) is 3. The van der Waals surface area contributed by atoms with Crippen LogP contribution in [0.1, 0.15) is 5.56 Å². The van der Waals surface area contributed by atoms with Gasteiger partial charge in [-0.25, -0.2) is 0 Å². The zero-order chi connectivity index (χ0) is 7.40. The third-order valence-corrected chi connectivity index (χ3v) is 1.25. The average Bonchev–Trinajstić information content (AvgIpc) is 2.37. The van der Waals surface area contributed by atoms with E-state index in [4.69, 9.17) is 10.8 Å². The van der Waals surface area contributed by atoms with E-state index in [1.54, 1.807) is 10.9 Å². The highest BCUT2D eigenvalue weighted by molar-refractivity contribution is 5.85. The SMILES string of the molecule is Cl.NCc1cnn(CCO)c1. The monoisotopic (exact) mass is 177 g/mol. The van der Waals surface area contributed by atoms with Gasteiger partial charge in [-0.1, -0.05) is 0 Å². The fourth-order valence-corrected chi connectivity index (χ4v) is 0.737.